The molecule has 32 heavy (non-hydrogen) atoms. The Hall–Kier alpha value is -3.66. The third kappa shape index (κ3) is 7.24. The van der Waals surface area contributed by atoms with Crippen LogP contribution in [0.4, 0.5) is 8.78 Å². The minimum absolute atomic E-state index is 0.0786. The van der Waals surface area contributed by atoms with Gasteiger partial charge in [-0.2, -0.15) is 8.78 Å². The third-order valence-electron chi connectivity index (χ3n) is 3.97. The van der Waals surface area contributed by atoms with Gasteiger partial charge >= 0.3 is 0 Å². The number of benzene rings is 2. The maximum Gasteiger partial charge on any atom is 0.290 e. The number of rotatable bonds is 9. The van der Waals surface area contributed by atoms with Crippen LogP contribution in [-0.2, 0) is 11.4 Å². The zero-order valence-electron chi connectivity index (χ0n) is 16.7. The van der Waals surface area contributed by atoms with E-state index in [0.29, 0.717) is 18.1 Å². The fourth-order valence-corrected chi connectivity index (χ4v) is 3.07. The molecule has 3 rings (SSSR count). The molecule has 0 spiro atoms. The SMILES string of the molecule is O=C(COc1ccc(OCc2ccccc2)cc1)NNC(=O)c1cccnc1SC(F)F. The number of aromatic nitrogens is 1. The van der Waals surface area contributed by atoms with Crippen molar-refractivity contribution < 1.29 is 27.8 Å². The van der Waals surface area contributed by atoms with Crippen molar-refractivity contribution in [2.45, 2.75) is 17.4 Å². The standard InChI is InChI=1S/C22H19F2N3O4S/c23-22(24)32-21-18(7-4-12-25-21)20(29)27-26-19(28)14-31-17-10-8-16(9-11-17)30-13-15-5-2-1-3-6-15/h1-12,22H,13-14H2,(H,26,28)(H,27,29). The number of hydrogen-bond donors (Lipinski definition) is 2. The van der Waals surface area contributed by atoms with Crippen LogP contribution in [0.2, 0.25) is 0 Å². The summed E-state index contributed by atoms with van der Waals surface area (Å²) in [5.74, 6) is -3.05. The second kappa shape index (κ2) is 11.7. The Balaban J connectivity index is 1.42. The summed E-state index contributed by atoms with van der Waals surface area (Å²) >= 11 is 0.145. The molecular weight excluding hydrogens is 440 g/mol. The Kier molecular flexibility index (Phi) is 8.38. The second-order valence-corrected chi connectivity index (χ2v) is 7.25. The number of amides is 2. The van der Waals surface area contributed by atoms with Crippen molar-refractivity contribution in [1.82, 2.24) is 15.8 Å². The number of carbonyl (C=O) groups is 2. The van der Waals surface area contributed by atoms with E-state index >= 15 is 0 Å². The first-order valence-corrected chi connectivity index (χ1v) is 10.3. The average molecular weight is 459 g/mol. The quantitative estimate of drug-likeness (QED) is 0.374. The highest BCUT2D eigenvalue weighted by Gasteiger charge is 2.17. The molecule has 0 aliphatic rings. The summed E-state index contributed by atoms with van der Waals surface area (Å²) in [6.07, 6.45) is 1.30. The van der Waals surface area contributed by atoms with E-state index in [9.17, 15) is 18.4 Å². The van der Waals surface area contributed by atoms with Gasteiger partial charge in [-0.05, 0) is 53.7 Å². The second-order valence-electron chi connectivity index (χ2n) is 6.27. The van der Waals surface area contributed by atoms with Crippen LogP contribution in [0.15, 0.2) is 78.0 Å². The number of nitrogens with zero attached hydrogens (tertiary/aromatic N) is 1. The monoisotopic (exact) mass is 459 g/mol. The van der Waals surface area contributed by atoms with E-state index in [1.807, 2.05) is 30.3 Å². The fourth-order valence-electron chi connectivity index (χ4n) is 2.49. The number of nitrogens with one attached hydrogen (secondary N) is 2. The van der Waals surface area contributed by atoms with E-state index in [-0.39, 0.29) is 29.0 Å². The summed E-state index contributed by atoms with van der Waals surface area (Å²) in [5, 5.41) is -0.139. The van der Waals surface area contributed by atoms with Crippen molar-refractivity contribution in [3.63, 3.8) is 0 Å². The van der Waals surface area contributed by atoms with E-state index in [2.05, 4.69) is 15.8 Å². The largest absolute Gasteiger partial charge is 0.489 e. The normalized spacial score (nSPS) is 10.5. The van der Waals surface area contributed by atoms with Crippen molar-refractivity contribution in [3.8, 4) is 11.5 Å². The molecule has 166 valence electrons. The number of hydrogen-bond acceptors (Lipinski definition) is 6. The molecule has 2 amide bonds. The van der Waals surface area contributed by atoms with Crippen LogP contribution in [0.5, 0.6) is 11.5 Å². The van der Waals surface area contributed by atoms with E-state index in [4.69, 9.17) is 9.47 Å². The molecular formula is C22H19F2N3O4S. The molecule has 2 aromatic carbocycles. The van der Waals surface area contributed by atoms with Gasteiger partial charge in [0.05, 0.1) is 5.56 Å². The minimum atomic E-state index is -2.73. The summed E-state index contributed by atoms with van der Waals surface area (Å²) < 4.78 is 36.2. The molecule has 0 atom stereocenters. The third-order valence-corrected chi connectivity index (χ3v) is 4.70. The number of halogens is 2. The highest BCUT2D eigenvalue weighted by molar-refractivity contribution is 7.99. The summed E-state index contributed by atoms with van der Waals surface area (Å²) in [4.78, 5) is 27.8. The maximum absolute atomic E-state index is 12.6. The summed E-state index contributed by atoms with van der Waals surface area (Å²) in [6, 6.07) is 19.2. The van der Waals surface area contributed by atoms with Gasteiger partial charge in [0.15, 0.2) is 6.61 Å². The lowest BCUT2D eigenvalue weighted by Gasteiger charge is -2.11. The fraction of sp³-hybridized carbons (Fsp3) is 0.136. The van der Waals surface area contributed by atoms with Gasteiger partial charge in [-0.25, -0.2) is 4.98 Å². The first-order valence-electron chi connectivity index (χ1n) is 9.40. The lowest BCUT2D eigenvalue weighted by Crippen LogP contribution is -2.44. The molecule has 7 nitrogen and oxygen atoms in total. The Morgan fingerprint density at radius 1 is 0.906 bits per heavy atom. The summed E-state index contributed by atoms with van der Waals surface area (Å²) in [6.45, 7) is 0.0633. The van der Waals surface area contributed by atoms with Crippen LogP contribution < -0.4 is 20.3 Å². The van der Waals surface area contributed by atoms with Gasteiger partial charge in [-0.1, -0.05) is 30.3 Å². The zero-order valence-corrected chi connectivity index (χ0v) is 17.5. The lowest BCUT2D eigenvalue weighted by molar-refractivity contribution is -0.123. The first-order chi connectivity index (χ1) is 15.5. The van der Waals surface area contributed by atoms with Gasteiger partial charge < -0.3 is 9.47 Å². The zero-order chi connectivity index (χ0) is 22.8. The molecule has 1 aromatic heterocycles. The predicted molar refractivity (Wildman–Crippen MR) is 114 cm³/mol. The number of alkyl halides is 2. The first kappa shape index (κ1) is 23.0. The number of hydrazine groups is 1. The molecule has 0 saturated carbocycles. The predicted octanol–water partition coefficient (Wildman–Crippen LogP) is 3.82. The van der Waals surface area contributed by atoms with Gasteiger partial charge in [0.25, 0.3) is 17.6 Å². The molecule has 10 heteroatoms. The van der Waals surface area contributed by atoms with Gasteiger partial charge in [0.2, 0.25) is 0 Å². The van der Waals surface area contributed by atoms with Crippen LogP contribution in [0.1, 0.15) is 15.9 Å². The van der Waals surface area contributed by atoms with Crippen LogP contribution in [0, 0.1) is 0 Å². The molecule has 0 saturated heterocycles. The van der Waals surface area contributed by atoms with Crippen LogP contribution in [0.3, 0.4) is 0 Å². The molecule has 3 aromatic rings. The molecule has 0 aliphatic heterocycles. The number of pyridine rings is 1. The van der Waals surface area contributed by atoms with Gasteiger partial charge in [-0.3, -0.25) is 20.4 Å². The van der Waals surface area contributed by atoms with E-state index in [0.717, 1.165) is 5.56 Å². The number of ether oxygens (including phenoxy) is 2. The maximum atomic E-state index is 12.6. The van der Waals surface area contributed by atoms with E-state index in [1.54, 1.807) is 24.3 Å². The van der Waals surface area contributed by atoms with Crippen molar-refractivity contribution >= 4 is 23.6 Å². The minimum Gasteiger partial charge on any atom is -0.489 e. The van der Waals surface area contributed by atoms with Crippen molar-refractivity contribution in [2.75, 3.05) is 6.61 Å². The topological polar surface area (TPSA) is 89.5 Å². The lowest BCUT2D eigenvalue weighted by atomic mass is 10.2. The molecule has 0 aliphatic carbocycles. The molecule has 0 bridgehead atoms. The van der Waals surface area contributed by atoms with E-state index in [1.165, 1.54) is 18.3 Å². The molecule has 0 unspecified atom stereocenters. The van der Waals surface area contributed by atoms with Crippen LogP contribution in [0.25, 0.3) is 0 Å². The van der Waals surface area contributed by atoms with Crippen LogP contribution in [-0.4, -0.2) is 29.2 Å². The summed E-state index contributed by atoms with van der Waals surface area (Å²) in [7, 11) is 0. The molecule has 0 fully saturated rings. The van der Waals surface area contributed by atoms with E-state index < -0.39 is 17.6 Å². The molecule has 1 heterocycles. The van der Waals surface area contributed by atoms with Gasteiger partial charge in [0, 0.05) is 6.20 Å². The smallest absolute Gasteiger partial charge is 0.290 e. The van der Waals surface area contributed by atoms with Crippen molar-refractivity contribution in [1.29, 1.82) is 0 Å². The highest BCUT2D eigenvalue weighted by atomic mass is 32.2. The van der Waals surface area contributed by atoms with Gasteiger partial charge in [-0.15, -0.1) is 0 Å². The Labute approximate surface area is 187 Å². The Morgan fingerprint density at radius 2 is 1.59 bits per heavy atom. The molecule has 2 N–H and O–H groups in total. The van der Waals surface area contributed by atoms with Crippen molar-refractivity contribution in [2.24, 2.45) is 0 Å². The Morgan fingerprint density at radius 3 is 2.28 bits per heavy atom. The Bertz CT molecular complexity index is 1040. The van der Waals surface area contributed by atoms with Gasteiger partial charge in [0.1, 0.15) is 23.1 Å². The number of thioether (sulfide) groups is 1. The van der Waals surface area contributed by atoms with Crippen LogP contribution >= 0.6 is 11.8 Å². The summed E-state index contributed by atoms with van der Waals surface area (Å²) in [5.41, 5.74) is 5.28. The average Bonchev–Trinajstić information content (AvgIpc) is 2.81. The number of carbonyl (C=O) groups excluding carboxylic acids is 2. The highest BCUT2D eigenvalue weighted by Crippen LogP contribution is 2.26. The van der Waals surface area contributed by atoms with Crippen molar-refractivity contribution in [3.05, 3.63) is 84.1 Å². The molecule has 0 radical (unpaired) electrons.